The number of ether oxygens (including phenoxy) is 3. The van der Waals surface area contributed by atoms with Gasteiger partial charge in [-0.15, -0.1) is 11.3 Å². The highest BCUT2D eigenvalue weighted by atomic mass is 32.1. The minimum atomic E-state index is -0.597. The van der Waals surface area contributed by atoms with Crippen LogP contribution in [-0.4, -0.2) is 60.5 Å². The molecule has 0 radical (unpaired) electrons. The predicted octanol–water partition coefficient (Wildman–Crippen LogP) is 6.14. The number of methoxy groups -OCH3 is 2. The maximum atomic E-state index is 13.6. The number of benzene rings is 3. The number of hydrogen-bond donors (Lipinski definition) is 3. The first-order valence-electron chi connectivity index (χ1n) is 16.8. The molecule has 5 aromatic rings. The lowest BCUT2D eigenvalue weighted by molar-refractivity contribution is -0.139. The van der Waals surface area contributed by atoms with Gasteiger partial charge < -0.3 is 35.1 Å². The van der Waals surface area contributed by atoms with E-state index in [4.69, 9.17) is 14.2 Å². The molecule has 1 aliphatic carbocycles. The summed E-state index contributed by atoms with van der Waals surface area (Å²) in [4.78, 5) is 47.2. The van der Waals surface area contributed by atoms with E-state index in [1.165, 1.54) is 0 Å². The number of piperidine rings is 1. The molecule has 0 bridgehead atoms. The Kier molecular flexibility index (Phi) is 9.50. The topological polar surface area (TPSA) is 131 Å². The Morgan fingerprint density at radius 2 is 1.65 bits per heavy atom. The zero-order valence-electron chi connectivity index (χ0n) is 28.6. The fraction of sp³-hybridized carbons (Fsp3) is 0.282. The highest BCUT2D eigenvalue weighted by Gasteiger charge is 2.64. The minimum absolute atomic E-state index is 0.0135. The minimum Gasteiger partial charge on any atom is -0.497 e. The Morgan fingerprint density at radius 1 is 0.882 bits per heavy atom. The molecule has 3 aromatic carbocycles. The van der Waals surface area contributed by atoms with Gasteiger partial charge in [-0.05, 0) is 84.3 Å². The number of hydrogen-bond acceptors (Lipinski definition) is 9. The maximum Gasteiger partial charge on any atom is 0.251 e. The Morgan fingerprint density at radius 3 is 2.41 bits per heavy atom. The van der Waals surface area contributed by atoms with Crippen molar-refractivity contribution in [3.8, 4) is 23.0 Å². The van der Waals surface area contributed by atoms with E-state index in [0.717, 1.165) is 44.3 Å². The number of pyridine rings is 1. The standard InChI is InChI=1S/C39H39N5O6S/c1-39-19-31(44(33(39)20-39)34(45)23-43-37(46)24-9-12-28(13-10-24)50-27-7-5-4-6-8-27)38(47)42-22-30-17-25-15-16-40-36(35(25)51-30)41-21-26-11-14-29(48-2)18-32(26)49-3/h4-18,31,33H,19-23H2,1-3H3,(H,40,41)(H,42,47)(H,43,46)/t31-,33-,39+/m0/s1. The van der Waals surface area contributed by atoms with Gasteiger partial charge in [-0.1, -0.05) is 25.1 Å². The van der Waals surface area contributed by atoms with Crippen molar-refractivity contribution in [2.24, 2.45) is 5.41 Å². The highest BCUT2D eigenvalue weighted by molar-refractivity contribution is 7.19. The molecular weight excluding hydrogens is 667 g/mol. The van der Waals surface area contributed by atoms with Crippen LogP contribution in [-0.2, 0) is 22.7 Å². The van der Waals surface area contributed by atoms with E-state index in [-0.39, 0.29) is 35.7 Å². The average Bonchev–Trinajstić information content (AvgIpc) is 3.47. The van der Waals surface area contributed by atoms with Crippen molar-refractivity contribution in [1.82, 2.24) is 20.5 Å². The predicted molar refractivity (Wildman–Crippen MR) is 195 cm³/mol. The van der Waals surface area contributed by atoms with Gasteiger partial charge >= 0.3 is 0 Å². The smallest absolute Gasteiger partial charge is 0.251 e. The Labute approximate surface area is 299 Å². The summed E-state index contributed by atoms with van der Waals surface area (Å²) in [5.74, 6) is 2.64. The number of carbonyl (C=O) groups excluding carboxylic acids is 3. The van der Waals surface area contributed by atoms with Gasteiger partial charge in [0.2, 0.25) is 11.8 Å². The molecule has 0 unspecified atom stereocenters. The van der Waals surface area contributed by atoms with Crippen LogP contribution < -0.4 is 30.2 Å². The van der Waals surface area contributed by atoms with Crippen LogP contribution in [0, 0.1) is 5.41 Å². The molecule has 262 valence electrons. The van der Waals surface area contributed by atoms with Gasteiger partial charge in [0.1, 0.15) is 34.9 Å². The number of aromatic nitrogens is 1. The van der Waals surface area contributed by atoms with Gasteiger partial charge in [0, 0.05) is 40.9 Å². The Bertz CT molecular complexity index is 2070. The van der Waals surface area contributed by atoms with Crippen molar-refractivity contribution < 1.29 is 28.6 Å². The monoisotopic (exact) mass is 705 g/mol. The Hall–Kier alpha value is -5.62. The molecule has 1 saturated heterocycles. The van der Waals surface area contributed by atoms with Crippen LogP contribution in [0.15, 0.2) is 91.1 Å². The third kappa shape index (κ3) is 7.32. The van der Waals surface area contributed by atoms with Crippen molar-refractivity contribution >= 4 is 45.0 Å². The molecule has 51 heavy (non-hydrogen) atoms. The van der Waals surface area contributed by atoms with E-state index in [2.05, 4.69) is 27.9 Å². The summed E-state index contributed by atoms with van der Waals surface area (Å²) in [6, 6.07) is 25.2. The third-order valence-electron chi connectivity index (χ3n) is 9.58. The summed E-state index contributed by atoms with van der Waals surface area (Å²) >= 11 is 1.56. The first-order valence-corrected chi connectivity index (χ1v) is 17.6. The van der Waals surface area contributed by atoms with E-state index < -0.39 is 6.04 Å². The van der Waals surface area contributed by atoms with Gasteiger partial charge in [-0.2, -0.15) is 0 Å². The van der Waals surface area contributed by atoms with Crippen LogP contribution in [0.5, 0.6) is 23.0 Å². The molecule has 3 N–H and O–H groups in total. The number of carbonyl (C=O) groups is 3. The van der Waals surface area contributed by atoms with Crippen LogP contribution in [0.1, 0.15) is 40.6 Å². The lowest BCUT2D eigenvalue weighted by atomic mass is 10.0. The van der Waals surface area contributed by atoms with Gasteiger partial charge in [0.25, 0.3) is 5.91 Å². The molecule has 3 atom stereocenters. The number of amides is 3. The second-order valence-corrected chi connectivity index (χ2v) is 14.2. The van der Waals surface area contributed by atoms with Crippen molar-refractivity contribution in [3.63, 3.8) is 0 Å². The number of nitrogens with zero attached hydrogens (tertiary/aromatic N) is 2. The molecule has 2 aliphatic rings. The van der Waals surface area contributed by atoms with E-state index in [9.17, 15) is 14.4 Å². The molecule has 7 rings (SSSR count). The number of thiophene rings is 1. The summed E-state index contributed by atoms with van der Waals surface area (Å²) < 4.78 is 17.6. The molecule has 3 amide bonds. The fourth-order valence-corrected chi connectivity index (χ4v) is 7.77. The van der Waals surface area contributed by atoms with Crippen LogP contribution in [0.3, 0.4) is 0 Å². The number of anilines is 1. The summed E-state index contributed by atoms with van der Waals surface area (Å²) in [5, 5.41) is 10.3. The second-order valence-electron chi connectivity index (χ2n) is 13.1. The maximum absolute atomic E-state index is 13.6. The number of nitrogens with one attached hydrogen (secondary N) is 3. The van der Waals surface area contributed by atoms with Crippen LogP contribution in [0.2, 0.25) is 0 Å². The first-order chi connectivity index (χ1) is 24.7. The van der Waals surface area contributed by atoms with Gasteiger partial charge in [0.15, 0.2) is 0 Å². The van der Waals surface area contributed by atoms with Gasteiger partial charge in [-0.25, -0.2) is 4.98 Å². The van der Waals surface area contributed by atoms with Crippen LogP contribution >= 0.6 is 11.3 Å². The summed E-state index contributed by atoms with van der Waals surface area (Å²) in [7, 11) is 3.25. The van der Waals surface area contributed by atoms with E-state index in [1.807, 2.05) is 60.7 Å². The lowest BCUT2D eigenvalue weighted by Gasteiger charge is -2.27. The van der Waals surface area contributed by atoms with E-state index >= 15 is 0 Å². The molecule has 1 aliphatic heterocycles. The Balaban J connectivity index is 0.947. The molecule has 11 nitrogen and oxygen atoms in total. The molecule has 3 heterocycles. The van der Waals surface area contributed by atoms with Crippen LogP contribution in [0.4, 0.5) is 5.82 Å². The quantitative estimate of drug-likeness (QED) is 0.133. The van der Waals surface area contributed by atoms with E-state index in [0.29, 0.717) is 36.6 Å². The average molecular weight is 706 g/mol. The summed E-state index contributed by atoms with van der Waals surface area (Å²) in [5.41, 5.74) is 1.28. The molecule has 12 heteroatoms. The normalized spacial score (nSPS) is 18.8. The fourth-order valence-electron chi connectivity index (χ4n) is 6.71. The SMILES string of the molecule is COc1ccc(CNc2nccc3cc(CNC(=O)[C@@H]4C[C@]5(C)C[C@@H]5N4C(=O)CNC(=O)c4ccc(Oc5ccccc5)cc4)sc23)c(OC)c1. The zero-order valence-corrected chi connectivity index (χ0v) is 29.4. The summed E-state index contributed by atoms with van der Waals surface area (Å²) in [6.07, 6.45) is 3.19. The number of fused-ring (bicyclic) bond motifs is 2. The molecular formula is C39H39N5O6S. The van der Waals surface area contributed by atoms with Crippen molar-refractivity contribution in [2.75, 3.05) is 26.1 Å². The number of para-hydroxylation sites is 1. The largest absolute Gasteiger partial charge is 0.497 e. The zero-order chi connectivity index (χ0) is 35.5. The van der Waals surface area contributed by atoms with Gasteiger partial charge in [0.05, 0.1) is 32.0 Å². The van der Waals surface area contributed by atoms with Crippen molar-refractivity contribution in [2.45, 2.75) is 44.9 Å². The van der Waals surface area contributed by atoms with E-state index in [1.54, 1.807) is 60.9 Å². The lowest BCUT2D eigenvalue weighted by Crippen LogP contribution is -2.50. The molecule has 2 fully saturated rings. The second kappa shape index (κ2) is 14.3. The molecule has 1 saturated carbocycles. The molecule has 2 aromatic heterocycles. The van der Waals surface area contributed by atoms with Crippen molar-refractivity contribution in [1.29, 1.82) is 0 Å². The summed E-state index contributed by atoms with van der Waals surface area (Å²) in [6.45, 7) is 2.74. The van der Waals surface area contributed by atoms with Gasteiger partial charge in [-0.3, -0.25) is 14.4 Å². The van der Waals surface area contributed by atoms with Crippen molar-refractivity contribution in [3.05, 3.63) is 107 Å². The third-order valence-corrected chi connectivity index (χ3v) is 10.7. The number of likely N-dealkylation sites (tertiary alicyclic amines) is 1. The number of rotatable bonds is 13. The first kappa shape index (κ1) is 33.9. The highest BCUT2D eigenvalue weighted by Crippen LogP contribution is 2.59. The molecule has 0 spiro atoms. The van der Waals surface area contributed by atoms with Crippen LogP contribution in [0.25, 0.3) is 10.1 Å².